The minimum Gasteiger partial charge on any atom is -0.377 e. The molecule has 1 heterocycles. The van der Waals surface area contributed by atoms with Crippen LogP contribution in [0.2, 0.25) is 0 Å². The lowest BCUT2D eigenvalue weighted by molar-refractivity contribution is 0.0407. The molecule has 2 atom stereocenters. The SMILES string of the molecule is ClCC1COCC(Cl)CO1. The molecule has 0 N–H and O–H groups in total. The van der Waals surface area contributed by atoms with Gasteiger partial charge in [-0.15, -0.1) is 23.2 Å². The molecule has 1 saturated heterocycles. The van der Waals surface area contributed by atoms with Crippen LogP contribution in [0.5, 0.6) is 0 Å². The molecule has 0 aromatic rings. The Kier molecular flexibility index (Phi) is 3.78. The molecule has 2 unspecified atom stereocenters. The highest BCUT2D eigenvalue weighted by Gasteiger charge is 2.16. The molecule has 0 saturated carbocycles. The smallest absolute Gasteiger partial charge is 0.0944 e. The lowest BCUT2D eigenvalue weighted by Gasteiger charge is -2.09. The number of ether oxygens (including phenoxy) is 2. The molecule has 0 spiro atoms. The number of hydrogen-bond acceptors (Lipinski definition) is 2. The first kappa shape index (κ1) is 8.60. The summed E-state index contributed by atoms with van der Waals surface area (Å²) in [4.78, 5) is 0. The summed E-state index contributed by atoms with van der Waals surface area (Å²) in [5.74, 6) is 0.476. The van der Waals surface area contributed by atoms with E-state index >= 15 is 0 Å². The van der Waals surface area contributed by atoms with Crippen LogP contribution >= 0.6 is 23.2 Å². The van der Waals surface area contributed by atoms with Crippen molar-refractivity contribution >= 4 is 23.2 Å². The second-order valence-electron chi connectivity index (χ2n) is 2.24. The first-order valence-electron chi connectivity index (χ1n) is 3.22. The molecule has 0 radical (unpaired) electrons. The molecule has 60 valence electrons. The Morgan fingerprint density at radius 1 is 1.30 bits per heavy atom. The third-order valence-electron chi connectivity index (χ3n) is 1.29. The quantitative estimate of drug-likeness (QED) is 0.572. The normalized spacial score (nSPS) is 35.4. The van der Waals surface area contributed by atoms with Gasteiger partial charge in [-0.05, 0) is 0 Å². The Balaban J connectivity index is 2.26. The van der Waals surface area contributed by atoms with E-state index in [1.807, 2.05) is 0 Å². The lowest BCUT2D eigenvalue weighted by atomic mass is 10.4. The van der Waals surface area contributed by atoms with Crippen LogP contribution in [-0.2, 0) is 9.47 Å². The van der Waals surface area contributed by atoms with E-state index in [0.717, 1.165) is 0 Å². The fraction of sp³-hybridized carbons (Fsp3) is 1.00. The zero-order valence-electron chi connectivity index (χ0n) is 5.56. The fourth-order valence-electron chi connectivity index (χ4n) is 0.753. The number of hydrogen-bond donors (Lipinski definition) is 0. The van der Waals surface area contributed by atoms with Crippen molar-refractivity contribution in [2.45, 2.75) is 11.5 Å². The molecule has 1 rings (SSSR count). The van der Waals surface area contributed by atoms with E-state index in [4.69, 9.17) is 32.7 Å². The molecule has 0 aliphatic carbocycles. The van der Waals surface area contributed by atoms with Gasteiger partial charge >= 0.3 is 0 Å². The Bertz CT molecular complexity index is 99.7. The van der Waals surface area contributed by atoms with Gasteiger partial charge in [-0.3, -0.25) is 0 Å². The third kappa shape index (κ3) is 2.62. The number of alkyl halides is 2. The van der Waals surface area contributed by atoms with Gasteiger partial charge in [-0.25, -0.2) is 0 Å². The summed E-state index contributed by atoms with van der Waals surface area (Å²) in [5, 5.41) is -0.0202. The second-order valence-corrected chi connectivity index (χ2v) is 3.17. The van der Waals surface area contributed by atoms with Gasteiger partial charge in [0.2, 0.25) is 0 Å². The molecule has 1 aliphatic rings. The average Bonchev–Trinajstić information content (AvgIpc) is 2.14. The van der Waals surface area contributed by atoms with E-state index in [1.165, 1.54) is 0 Å². The van der Waals surface area contributed by atoms with Gasteiger partial charge < -0.3 is 9.47 Å². The predicted molar refractivity (Wildman–Crippen MR) is 40.9 cm³/mol. The molecular weight excluding hydrogens is 175 g/mol. The van der Waals surface area contributed by atoms with Crippen molar-refractivity contribution in [2.24, 2.45) is 0 Å². The average molecular weight is 185 g/mol. The van der Waals surface area contributed by atoms with Gasteiger partial charge in [0.25, 0.3) is 0 Å². The van der Waals surface area contributed by atoms with Gasteiger partial charge in [0, 0.05) is 0 Å². The van der Waals surface area contributed by atoms with Gasteiger partial charge in [0.05, 0.1) is 37.2 Å². The maximum absolute atomic E-state index is 5.75. The number of halogens is 2. The second kappa shape index (κ2) is 4.39. The molecule has 0 aromatic carbocycles. The number of rotatable bonds is 1. The van der Waals surface area contributed by atoms with Crippen molar-refractivity contribution in [3.8, 4) is 0 Å². The highest BCUT2D eigenvalue weighted by atomic mass is 35.5. The van der Waals surface area contributed by atoms with Gasteiger partial charge in [-0.2, -0.15) is 0 Å². The standard InChI is InChI=1S/C6H10Cl2O2/c7-1-6-4-9-2-5(8)3-10-6/h5-6H,1-4H2. The Labute approximate surface area is 70.4 Å². The maximum Gasteiger partial charge on any atom is 0.0944 e. The summed E-state index contributed by atoms with van der Waals surface area (Å²) in [6.45, 7) is 1.67. The minimum atomic E-state index is -0.0202. The van der Waals surface area contributed by atoms with E-state index in [-0.39, 0.29) is 11.5 Å². The molecule has 2 nitrogen and oxygen atoms in total. The fourth-order valence-corrected chi connectivity index (χ4v) is 1.09. The zero-order valence-corrected chi connectivity index (χ0v) is 7.07. The summed E-state index contributed by atoms with van der Waals surface area (Å²) in [7, 11) is 0. The van der Waals surface area contributed by atoms with E-state index < -0.39 is 0 Å². The highest BCUT2D eigenvalue weighted by molar-refractivity contribution is 6.20. The summed E-state index contributed by atoms with van der Waals surface area (Å²) < 4.78 is 10.4. The largest absolute Gasteiger partial charge is 0.377 e. The third-order valence-corrected chi connectivity index (χ3v) is 1.88. The van der Waals surface area contributed by atoms with Crippen LogP contribution in [0.15, 0.2) is 0 Å². The van der Waals surface area contributed by atoms with E-state index in [1.54, 1.807) is 0 Å². The van der Waals surface area contributed by atoms with Crippen molar-refractivity contribution < 1.29 is 9.47 Å². The van der Waals surface area contributed by atoms with Crippen LogP contribution in [-0.4, -0.2) is 37.2 Å². The van der Waals surface area contributed by atoms with Crippen LogP contribution in [0.25, 0.3) is 0 Å². The first-order valence-corrected chi connectivity index (χ1v) is 4.19. The van der Waals surface area contributed by atoms with Gasteiger partial charge in [-0.1, -0.05) is 0 Å². The van der Waals surface area contributed by atoms with Crippen molar-refractivity contribution in [1.29, 1.82) is 0 Å². The van der Waals surface area contributed by atoms with Crippen molar-refractivity contribution in [3.05, 3.63) is 0 Å². The Morgan fingerprint density at radius 2 is 2.10 bits per heavy atom. The molecule has 0 bridgehead atoms. The molecule has 1 fully saturated rings. The molecule has 10 heavy (non-hydrogen) atoms. The van der Waals surface area contributed by atoms with Gasteiger partial charge in [0.15, 0.2) is 0 Å². The Morgan fingerprint density at radius 3 is 2.80 bits per heavy atom. The topological polar surface area (TPSA) is 18.5 Å². The first-order chi connectivity index (χ1) is 4.83. The lowest BCUT2D eigenvalue weighted by Crippen LogP contribution is -2.19. The van der Waals surface area contributed by atoms with Crippen LogP contribution in [0.1, 0.15) is 0 Å². The summed E-state index contributed by atoms with van der Waals surface area (Å²) in [6.07, 6.45) is 0.0189. The molecular formula is C6H10Cl2O2. The van der Waals surface area contributed by atoms with Crippen LogP contribution in [0.3, 0.4) is 0 Å². The molecule has 0 aromatic heterocycles. The summed E-state index contributed by atoms with van der Waals surface area (Å²) in [5.41, 5.74) is 0. The summed E-state index contributed by atoms with van der Waals surface area (Å²) in [6, 6.07) is 0. The minimum absolute atomic E-state index is 0.0189. The molecule has 4 heteroatoms. The van der Waals surface area contributed by atoms with Crippen molar-refractivity contribution in [1.82, 2.24) is 0 Å². The van der Waals surface area contributed by atoms with Crippen molar-refractivity contribution in [2.75, 3.05) is 25.7 Å². The van der Waals surface area contributed by atoms with E-state index in [0.29, 0.717) is 25.7 Å². The molecule has 0 amide bonds. The monoisotopic (exact) mass is 184 g/mol. The van der Waals surface area contributed by atoms with E-state index in [2.05, 4.69) is 0 Å². The zero-order chi connectivity index (χ0) is 7.40. The maximum atomic E-state index is 5.75. The predicted octanol–water partition coefficient (Wildman–Crippen LogP) is 1.25. The summed E-state index contributed by atoms with van der Waals surface area (Å²) >= 11 is 11.3. The van der Waals surface area contributed by atoms with E-state index in [9.17, 15) is 0 Å². The van der Waals surface area contributed by atoms with Crippen LogP contribution < -0.4 is 0 Å². The van der Waals surface area contributed by atoms with Crippen LogP contribution in [0, 0.1) is 0 Å². The van der Waals surface area contributed by atoms with Crippen molar-refractivity contribution in [3.63, 3.8) is 0 Å². The van der Waals surface area contributed by atoms with Crippen LogP contribution in [0.4, 0.5) is 0 Å². The highest BCUT2D eigenvalue weighted by Crippen LogP contribution is 2.07. The Hall–Kier alpha value is 0.500. The van der Waals surface area contributed by atoms with Gasteiger partial charge in [0.1, 0.15) is 0 Å². The molecule has 1 aliphatic heterocycles.